The van der Waals surface area contributed by atoms with Crippen molar-refractivity contribution in [3.63, 3.8) is 0 Å². The van der Waals surface area contributed by atoms with E-state index in [1.807, 2.05) is 19.9 Å². The van der Waals surface area contributed by atoms with E-state index in [1.54, 1.807) is 60.7 Å². The Hall–Kier alpha value is -4.70. The summed E-state index contributed by atoms with van der Waals surface area (Å²) in [5, 5.41) is 0. The molecule has 2 heterocycles. The first-order valence-electron chi connectivity index (χ1n) is 13.4. The SMILES string of the molecule is CCOc1ccc([C@H]2C(C(=O)OC)=CN=c3s/c(=C/c4cccc(OCc5ccccc5F)c4)c(=O)n32)cc1OCC. The molecule has 0 fully saturated rings. The molecule has 10 heteroatoms. The average Bonchev–Trinajstić information content (AvgIpc) is 3.31. The third-order valence-electron chi connectivity index (χ3n) is 6.52. The van der Waals surface area contributed by atoms with Crippen LogP contribution in [0.1, 0.15) is 36.6 Å². The number of fused-ring (bicyclic) bond motifs is 1. The molecule has 1 aromatic heterocycles. The van der Waals surface area contributed by atoms with Gasteiger partial charge in [0.05, 0.1) is 36.5 Å². The molecular weight excluding hydrogens is 559 g/mol. The molecule has 0 aliphatic carbocycles. The van der Waals surface area contributed by atoms with Crippen molar-refractivity contribution in [2.24, 2.45) is 4.99 Å². The Labute approximate surface area is 245 Å². The highest BCUT2D eigenvalue weighted by molar-refractivity contribution is 7.07. The maximum absolute atomic E-state index is 14.0. The summed E-state index contributed by atoms with van der Waals surface area (Å²) in [6, 6.07) is 18.2. The number of carbonyl (C=O) groups is 1. The largest absolute Gasteiger partial charge is 0.490 e. The van der Waals surface area contributed by atoms with E-state index in [4.69, 9.17) is 18.9 Å². The third-order valence-corrected chi connectivity index (χ3v) is 7.51. The van der Waals surface area contributed by atoms with E-state index < -0.39 is 12.0 Å². The molecule has 0 unspecified atom stereocenters. The van der Waals surface area contributed by atoms with Gasteiger partial charge in [-0.1, -0.05) is 47.7 Å². The van der Waals surface area contributed by atoms with E-state index in [9.17, 15) is 14.0 Å². The van der Waals surface area contributed by atoms with Crippen LogP contribution >= 0.6 is 11.3 Å². The van der Waals surface area contributed by atoms with Gasteiger partial charge in [-0.15, -0.1) is 0 Å². The normalized spacial score (nSPS) is 14.4. The van der Waals surface area contributed by atoms with Gasteiger partial charge < -0.3 is 18.9 Å². The number of carbonyl (C=O) groups excluding carboxylic acids is 1. The monoisotopic (exact) mass is 588 g/mol. The van der Waals surface area contributed by atoms with Crippen molar-refractivity contribution in [1.29, 1.82) is 0 Å². The molecule has 0 saturated carbocycles. The van der Waals surface area contributed by atoms with Crippen LogP contribution in [-0.2, 0) is 16.1 Å². The quantitative estimate of drug-likeness (QED) is 0.253. The minimum Gasteiger partial charge on any atom is -0.490 e. The highest BCUT2D eigenvalue weighted by Crippen LogP contribution is 2.35. The zero-order chi connectivity index (χ0) is 29.6. The van der Waals surface area contributed by atoms with Crippen molar-refractivity contribution in [3.8, 4) is 17.2 Å². The van der Waals surface area contributed by atoms with Gasteiger partial charge in [-0.3, -0.25) is 9.36 Å². The number of ether oxygens (including phenoxy) is 4. The molecule has 8 nitrogen and oxygen atoms in total. The van der Waals surface area contributed by atoms with Gasteiger partial charge in [0.2, 0.25) is 0 Å². The smallest absolute Gasteiger partial charge is 0.337 e. The summed E-state index contributed by atoms with van der Waals surface area (Å²) >= 11 is 1.21. The number of methoxy groups -OCH3 is 1. The van der Waals surface area contributed by atoms with Crippen molar-refractivity contribution in [1.82, 2.24) is 4.57 Å². The minimum atomic E-state index is -0.791. The molecule has 3 aromatic carbocycles. The molecule has 1 aliphatic rings. The molecule has 1 aliphatic heterocycles. The van der Waals surface area contributed by atoms with Crippen molar-refractivity contribution < 1.29 is 28.1 Å². The number of thiazole rings is 1. The van der Waals surface area contributed by atoms with Gasteiger partial charge in [0.1, 0.15) is 18.2 Å². The molecule has 0 N–H and O–H groups in total. The third kappa shape index (κ3) is 5.99. The summed E-state index contributed by atoms with van der Waals surface area (Å²) in [5.74, 6) is 0.674. The maximum Gasteiger partial charge on any atom is 0.337 e. The maximum atomic E-state index is 14.0. The Morgan fingerprint density at radius 1 is 1.00 bits per heavy atom. The molecule has 0 saturated heterocycles. The van der Waals surface area contributed by atoms with E-state index in [-0.39, 0.29) is 23.6 Å². The molecule has 0 bridgehead atoms. The summed E-state index contributed by atoms with van der Waals surface area (Å²) in [4.78, 5) is 31.5. The highest BCUT2D eigenvalue weighted by atomic mass is 32.1. The lowest BCUT2D eigenvalue weighted by Gasteiger charge is -2.23. The summed E-state index contributed by atoms with van der Waals surface area (Å²) in [6.07, 6.45) is 3.18. The predicted octanol–water partition coefficient (Wildman–Crippen LogP) is 4.53. The molecule has 4 aromatic rings. The van der Waals surface area contributed by atoms with Gasteiger partial charge in [0.25, 0.3) is 5.56 Å². The number of benzene rings is 3. The van der Waals surface area contributed by atoms with Gasteiger partial charge in [-0.05, 0) is 61.4 Å². The van der Waals surface area contributed by atoms with Crippen LogP contribution in [0.2, 0.25) is 0 Å². The summed E-state index contributed by atoms with van der Waals surface area (Å²) in [6.45, 7) is 4.68. The minimum absolute atomic E-state index is 0.0699. The lowest BCUT2D eigenvalue weighted by atomic mass is 9.97. The van der Waals surface area contributed by atoms with Crippen LogP contribution in [0.5, 0.6) is 17.2 Å². The first kappa shape index (κ1) is 28.8. The second kappa shape index (κ2) is 12.9. The van der Waals surface area contributed by atoms with E-state index in [0.29, 0.717) is 50.9 Å². The van der Waals surface area contributed by atoms with Gasteiger partial charge in [-0.25, -0.2) is 14.2 Å². The topological polar surface area (TPSA) is 88.4 Å². The zero-order valence-electron chi connectivity index (χ0n) is 23.3. The van der Waals surface area contributed by atoms with E-state index in [1.165, 1.54) is 35.3 Å². The summed E-state index contributed by atoms with van der Waals surface area (Å²) < 4.78 is 38.3. The molecular formula is C32H29FN2O6S. The van der Waals surface area contributed by atoms with Crippen LogP contribution in [-0.4, -0.2) is 30.9 Å². The number of rotatable bonds is 10. The predicted molar refractivity (Wildman–Crippen MR) is 157 cm³/mol. The average molecular weight is 589 g/mol. The molecule has 1 atom stereocenters. The van der Waals surface area contributed by atoms with Crippen molar-refractivity contribution in [2.75, 3.05) is 20.3 Å². The molecule has 42 heavy (non-hydrogen) atoms. The Morgan fingerprint density at radius 3 is 2.55 bits per heavy atom. The number of halogens is 1. The Bertz CT molecular complexity index is 1830. The highest BCUT2D eigenvalue weighted by Gasteiger charge is 2.31. The fraction of sp³-hybridized carbons (Fsp3) is 0.219. The Kier molecular flexibility index (Phi) is 8.83. The van der Waals surface area contributed by atoms with Crippen LogP contribution in [0, 0.1) is 5.82 Å². The van der Waals surface area contributed by atoms with Crippen LogP contribution in [0.3, 0.4) is 0 Å². The van der Waals surface area contributed by atoms with Crippen molar-refractivity contribution >= 4 is 23.4 Å². The van der Waals surface area contributed by atoms with E-state index >= 15 is 0 Å². The fourth-order valence-electron chi connectivity index (χ4n) is 4.61. The second-order valence-corrected chi connectivity index (χ2v) is 10.2. The lowest BCUT2D eigenvalue weighted by molar-refractivity contribution is -0.136. The van der Waals surface area contributed by atoms with E-state index in [2.05, 4.69) is 4.99 Å². The Morgan fingerprint density at radius 2 is 1.79 bits per heavy atom. The second-order valence-electron chi connectivity index (χ2n) is 9.20. The van der Waals surface area contributed by atoms with Gasteiger partial charge in [0, 0.05) is 11.8 Å². The number of hydrogen-bond acceptors (Lipinski definition) is 8. The van der Waals surface area contributed by atoms with Gasteiger partial charge >= 0.3 is 5.97 Å². The van der Waals surface area contributed by atoms with Crippen LogP contribution in [0.4, 0.5) is 4.39 Å². The molecule has 0 amide bonds. The van der Waals surface area contributed by atoms with Crippen molar-refractivity contribution in [3.05, 3.63) is 121 Å². The Balaban J connectivity index is 1.54. The number of hydrogen-bond donors (Lipinski definition) is 0. The van der Waals surface area contributed by atoms with Gasteiger partial charge in [0.15, 0.2) is 16.3 Å². The first-order chi connectivity index (χ1) is 20.4. The van der Waals surface area contributed by atoms with Gasteiger partial charge in [-0.2, -0.15) is 0 Å². The molecule has 0 radical (unpaired) electrons. The zero-order valence-corrected chi connectivity index (χ0v) is 24.2. The van der Waals surface area contributed by atoms with Crippen LogP contribution < -0.4 is 29.1 Å². The standard InChI is InChI=1S/C32H29FN2O6S/c1-4-39-26-14-13-21(17-27(26)40-5-2)29-24(31(37)38-3)18-34-32-35(29)30(36)28(42-32)16-20-9-8-11-23(15-20)41-19-22-10-6-7-12-25(22)33/h6-18,29H,4-5,19H2,1-3H3/b28-16+/t29-/m0/s1. The lowest BCUT2D eigenvalue weighted by Crippen LogP contribution is -2.39. The van der Waals surface area contributed by atoms with Crippen LogP contribution in [0.15, 0.2) is 88.3 Å². The summed E-state index contributed by atoms with van der Waals surface area (Å²) in [5.41, 5.74) is 1.70. The number of aromatic nitrogens is 1. The molecule has 0 spiro atoms. The van der Waals surface area contributed by atoms with Crippen LogP contribution in [0.25, 0.3) is 6.08 Å². The van der Waals surface area contributed by atoms with E-state index in [0.717, 1.165) is 5.56 Å². The number of nitrogens with zero attached hydrogens (tertiary/aromatic N) is 2. The fourth-order valence-corrected chi connectivity index (χ4v) is 5.58. The first-order valence-corrected chi connectivity index (χ1v) is 14.2. The number of esters is 1. The molecule has 5 rings (SSSR count). The molecule has 216 valence electrons. The van der Waals surface area contributed by atoms with Crippen molar-refractivity contribution in [2.45, 2.75) is 26.5 Å². The summed E-state index contributed by atoms with van der Waals surface area (Å²) in [7, 11) is 1.29.